The third-order valence-electron chi connectivity index (χ3n) is 5.95. The van der Waals surface area contributed by atoms with Crippen LogP contribution in [-0.2, 0) is 20.9 Å². The number of carbonyl (C=O) groups excluding carboxylic acids is 3. The maximum Gasteiger partial charge on any atom is 0.410 e. The highest BCUT2D eigenvalue weighted by Gasteiger charge is 2.24. The van der Waals surface area contributed by atoms with E-state index in [0.29, 0.717) is 22.3 Å². The highest BCUT2D eigenvalue weighted by molar-refractivity contribution is 5.95. The minimum atomic E-state index is -1.21. The summed E-state index contributed by atoms with van der Waals surface area (Å²) >= 11 is 0. The number of nitrogens with zero attached hydrogens (tertiary/aromatic N) is 4. The monoisotopic (exact) mass is 566 g/mol. The first-order valence-electron chi connectivity index (χ1n) is 12.9. The lowest BCUT2D eigenvalue weighted by Crippen LogP contribution is -2.37. The van der Waals surface area contributed by atoms with Crippen LogP contribution in [0.15, 0.2) is 53.1 Å². The van der Waals surface area contributed by atoms with E-state index in [2.05, 4.69) is 15.3 Å². The van der Waals surface area contributed by atoms with Crippen LogP contribution in [0.1, 0.15) is 38.1 Å². The van der Waals surface area contributed by atoms with E-state index >= 15 is 0 Å². The van der Waals surface area contributed by atoms with Gasteiger partial charge in [0.05, 0.1) is 24.0 Å². The van der Waals surface area contributed by atoms with Crippen LogP contribution in [0.4, 0.5) is 14.9 Å². The molecule has 2 N–H and O–H groups in total. The number of aromatic amines is 1. The minimum Gasteiger partial charge on any atom is -0.436 e. The highest BCUT2D eigenvalue weighted by atomic mass is 19.1. The largest absolute Gasteiger partial charge is 0.436 e. The van der Waals surface area contributed by atoms with Crippen LogP contribution >= 0.6 is 0 Å². The van der Waals surface area contributed by atoms with Gasteiger partial charge < -0.3 is 29.4 Å². The molecule has 12 heteroatoms. The zero-order valence-corrected chi connectivity index (χ0v) is 24.0. The molecule has 1 unspecified atom stereocenters. The average Bonchev–Trinajstić information content (AvgIpc) is 3.34. The molecule has 0 fully saturated rings. The second kappa shape index (κ2) is 13.6. The minimum absolute atomic E-state index is 0.0177. The second-order valence-electron chi connectivity index (χ2n) is 10.1. The molecule has 0 aromatic carbocycles. The summed E-state index contributed by atoms with van der Waals surface area (Å²) in [7, 11) is 6.20. The zero-order chi connectivity index (χ0) is 30.3. The van der Waals surface area contributed by atoms with E-state index in [-0.39, 0.29) is 31.0 Å². The van der Waals surface area contributed by atoms with Crippen molar-refractivity contribution in [3.05, 3.63) is 75.9 Å². The van der Waals surface area contributed by atoms with E-state index in [1.54, 1.807) is 38.5 Å². The number of carbonyl (C=O) groups is 3. The van der Waals surface area contributed by atoms with Gasteiger partial charge in [0, 0.05) is 45.5 Å². The molecular weight excluding hydrogens is 531 g/mol. The Hall–Kier alpha value is -4.74. The second-order valence-corrected chi connectivity index (χ2v) is 10.1. The van der Waals surface area contributed by atoms with Gasteiger partial charge in [-0.15, -0.1) is 0 Å². The Balaban J connectivity index is 1.81. The summed E-state index contributed by atoms with van der Waals surface area (Å²) in [6.07, 6.45) is 5.92. The fourth-order valence-corrected chi connectivity index (χ4v) is 3.83. The number of likely N-dealkylation sites (N-methyl/N-ethyl adjacent to an activating group) is 1. The lowest BCUT2D eigenvalue weighted by molar-refractivity contribution is -0.125. The van der Waals surface area contributed by atoms with Gasteiger partial charge in [-0.2, -0.15) is 0 Å². The predicted octanol–water partition coefficient (Wildman–Crippen LogP) is 3.77. The number of fused-ring (bicyclic) bond motifs is 1. The van der Waals surface area contributed by atoms with Gasteiger partial charge in [-0.25, -0.2) is 9.18 Å². The summed E-state index contributed by atoms with van der Waals surface area (Å²) in [4.78, 5) is 60.2. The maximum absolute atomic E-state index is 14.5. The zero-order valence-electron chi connectivity index (χ0n) is 24.0. The summed E-state index contributed by atoms with van der Waals surface area (Å²) < 4.78 is 21.2. The Morgan fingerprint density at radius 2 is 1.93 bits per heavy atom. The van der Waals surface area contributed by atoms with Crippen LogP contribution in [0.2, 0.25) is 0 Å². The van der Waals surface area contributed by atoms with Gasteiger partial charge in [0.2, 0.25) is 5.91 Å². The third-order valence-corrected chi connectivity index (χ3v) is 5.95. The number of nitrogens with one attached hydrogen (secondary N) is 2. The van der Waals surface area contributed by atoms with E-state index in [4.69, 9.17) is 4.74 Å². The Morgan fingerprint density at radius 1 is 1.20 bits per heavy atom. The fourth-order valence-electron chi connectivity index (χ4n) is 3.83. The van der Waals surface area contributed by atoms with E-state index in [1.165, 1.54) is 40.6 Å². The molecule has 0 aliphatic heterocycles. The summed E-state index contributed by atoms with van der Waals surface area (Å²) in [5, 5.41) is 2.91. The van der Waals surface area contributed by atoms with Crippen molar-refractivity contribution >= 4 is 40.6 Å². The van der Waals surface area contributed by atoms with E-state index in [0.717, 1.165) is 11.8 Å². The van der Waals surface area contributed by atoms with Crippen molar-refractivity contribution in [1.29, 1.82) is 0 Å². The van der Waals surface area contributed by atoms with Crippen molar-refractivity contribution in [3.8, 4) is 0 Å². The Bertz CT molecular complexity index is 1550. The van der Waals surface area contributed by atoms with Crippen molar-refractivity contribution in [2.24, 2.45) is 0 Å². The molecule has 218 valence electrons. The Morgan fingerprint density at radius 3 is 2.59 bits per heavy atom. The van der Waals surface area contributed by atoms with Crippen molar-refractivity contribution < 1.29 is 23.5 Å². The van der Waals surface area contributed by atoms with Gasteiger partial charge in [0.1, 0.15) is 5.69 Å². The molecule has 3 amide bonds. The Labute approximate surface area is 237 Å². The molecule has 0 radical (unpaired) electrons. The number of ether oxygens (including phenoxy) is 1. The number of halogens is 1. The number of pyridine rings is 2. The van der Waals surface area contributed by atoms with Crippen molar-refractivity contribution in [3.63, 3.8) is 0 Å². The topological polar surface area (TPSA) is 130 Å². The number of aromatic nitrogens is 3. The fraction of sp³-hybridized carbons (Fsp3) is 0.345. The van der Waals surface area contributed by atoms with Gasteiger partial charge in [-0.3, -0.25) is 19.4 Å². The van der Waals surface area contributed by atoms with Crippen molar-refractivity contribution in [2.75, 3.05) is 33.5 Å². The summed E-state index contributed by atoms with van der Waals surface area (Å²) in [5.74, 6) is -1.39. The standard InChI is InChI=1S/C29H35FN6O5/c1-18(2)14-23-26-20(21(30)16-31-23)15-19(32-26)17-36-13-9-10-22(28(36)39)33-27(38)24(41-29(40)35(5)6)11-7-8-12-25(37)34(3)4/h8-10,12-16,24,32H,7,11,17H2,1-6H3,(H,33,38)/b12-8+. The molecule has 3 heterocycles. The molecule has 41 heavy (non-hydrogen) atoms. The van der Waals surface area contributed by atoms with E-state index in [1.807, 2.05) is 19.9 Å². The first-order valence-corrected chi connectivity index (χ1v) is 12.9. The Kier molecular flexibility index (Phi) is 10.2. The summed E-state index contributed by atoms with van der Waals surface area (Å²) in [6.45, 7) is 3.90. The van der Waals surface area contributed by atoms with E-state index in [9.17, 15) is 23.6 Å². The lowest BCUT2D eigenvalue weighted by atomic mass is 10.1. The normalized spacial score (nSPS) is 11.8. The van der Waals surface area contributed by atoms with Crippen LogP contribution in [0.25, 0.3) is 17.0 Å². The first-order chi connectivity index (χ1) is 19.4. The van der Waals surface area contributed by atoms with Crippen LogP contribution in [0, 0.1) is 5.82 Å². The highest BCUT2D eigenvalue weighted by Crippen LogP contribution is 2.23. The third kappa shape index (κ3) is 8.13. The number of rotatable bonds is 10. The van der Waals surface area contributed by atoms with Gasteiger partial charge in [0.15, 0.2) is 11.9 Å². The lowest BCUT2D eigenvalue weighted by Gasteiger charge is -2.19. The van der Waals surface area contributed by atoms with Gasteiger partial charge >= 0.3 is 6.09 Å². The molecular formula is C29H35FN6O5. The number of anilines is 1. The molecule has 1 atom stereocenters. The number of amides is 3. The predicted molar refractivity (Wildman–Crippen MR) is 155 cm³/mol. The molecule has 0 aliphatic rings. The summed E-state index contributed by atoms with van der Waals surface area (Å²) in [6, 6.07) is 4.66. The maximum atomic E-state index is 14.5. The van der Waals surface area contributed by atoms with Crippen LogP contribution < -0.4 is 10.9 Å². The van der Waals surface area contributed by atoms with Gasteiger partial charge in [0.25, 0.3) is 11.5 Å². The molecule has 11 nitrogen and oxygen atoms in total. The molecule has 3 rings (SSSR count). The molecule has 0 saturated carbocycles. The number of hydrogen-bond donors (Lipinski definition) is 2. The smallest absolute Gasteiger partial charge is 0.410 e. The molecule has 3 aromatic rings. The van der Waals surface area contributed by atoms with Crippen molar-refractivity contribution in [1.82, 2.24) is 24.3 Å². The average molecular weight is 567 g/mol. The number of H-pyrrole nitrogens is 1. The van der Waals surface area contributed by atoms with Gasteiger partial charge in [-0.05, 0) is 57.0 Å². The van der Waals surface area contributed by atoms with Crippen LogP contribution in [-0.4, -0.2) is 76.5 Å². The van der Waals surface area contributed by atoms with Crippen LogP contribution in [0.3, 0.4) is 0 Å². The first kappa shape index (κ1) is 30.8. The van der Waals surface area contributed by atoms with Crippen molar-refractivity contribution in [2.45, 2.75) is 39.3 Å². The molecule has 0 saturated heterocycles. The number of hydrogen-bond acceptors (Lipinski definition) is 6. The molecule has 0 spiro atoms. The van der Waals surface area contributed by atoms with Gasteiger partial charge in [-0.1, -0.05) is 11.6 Å². The molecule has 0 bridgehead atoms. The SMILES string of the molecule is CC(C)=Cc1ncc(F)c2cc(Cn3cccc(NC(=O)C(CC/C=C/C(=O)N(C)C)OC(=O)N(C)C)c3=O)[nH]c12. The molecule has 3 aromatic heterocycles. The number of allylic oxidation sites excluding steroid dienone is 2. The summed E-state index contributed by atoms with van der Waals surface area (Å²) in [5.41, 5.74) is 2.14. The quantitative estimate of drug-likeness (QED) is 0.360. The molecule has 0 aliphatic carbocycles. The van der Waals surface area contributed by atoms with Crippen LogP contribution in [0.5, 0.6) is 0 Å². The van der Waals surface area contributed by atoms with E-state index < -0.39 is 29.5 Å².